The van der Waals surface area contributed by atoms with Gasteiger partial charge in [-0.1, -0.05) is 25.7 Å². The lowest BCUT2D eigenvalue weighted by Gasteiger charge is -2.63. The Hall–Kier alpha value is -2.28. The maximum atomic E-state index is 11.5. The summed E-state index contributed by atoms with van der Waals surface area (Å²) in [6, 6.07) is 4.16. The quantitative estimate of drug-likeness (QED) is 0.779. The van der Waals surface area contributed by atoms with E-state index in [1.54, 1.807) is 0 Å². The first-order chi connectivity index (χ1) is 12.2. The van der Waals surface area contributed by atoms with Gasteiger partial charge in [-0.15, -0.1) is 0 Å². The van der Waals surface area contributed by atoms with Gasteiger partial charge in [0.05, 0.1) is 11.1 Å². The number of hydrogen-bond acceptors (Lipinski definition) is 2. The van der Waals surface area contributed by atoms with Crippen molar-refractivity contribution < 1.29 is 19.8 Å². The molecule has 4 nitrogen and oxygen atoms in total. The van der Waals surface area contributed by atoms with Gasteiger partial charge in [-0.25, -0.2) is 9.59 Å². The molecular formula is C22H24O4. The van der Waals surface area contributed by atoms with Crippen molar-refractivity contribution in [2.45, 2.75) is 46.0 Å². The van der Waals surface area contributed by atoms with E-state index < -0.39 is 11.9 Å². The van der Waals surface area contributed by atoms with Crippen molar-refractivity contribution in [2.24, 2.45) is 28.6 Å². The van der Waals surface area contributed by atoms with Crippen molar-refractivity contribution in [1.29, 1.82) is 0 Å². The van der Waals surface area contributed by atoms with Crippen LogP contribution in [-0.4, -0.2) is 22.2 Å². The molecular weight excluding hydrogens is 328 g/mol. The first-order valence-corrected chi connectivity index (χ1v) is 9.31. The zero-order chi connectivity index (χ0) is 18.7. The Kier molecular flexibility index (Phi) is 3.70. The molecule has 5 atom stereocenters. The molecule has 4 aliphatic rings. The summed E-state index contributed by atoms with van der Waals surface area (Å²) in [5.41, 5.74) is 1.02. The highest BCUT2D eigenvalue weighted by Crippen LogP contribution is 2.67. The van der Waals surface area contributed by atoms with Gasteiger partial charge in [-0.2, -0.15) is 0 Å². The van der Waals surface area contributed by atoms with Crippen LogP contribution in [0.5, 0.6) is 0 Å². The Bertz CT molecular complexity index is 861. The molecule has 0 aromatic heterocycles. The van der Waals surface area contributed by atoms with Crippen LogP contribution in [0.2, 0.25) is 0 Å². The second-order valence-electron chi connectivity index (χ2n) is 9.23. The lowest BCUT2D eigenvalue weighted by Crippen LogP contribution is -2.54. The molecule has 0 heterocycles. The van der Waals surface area contributed by atoms with Crippen LogP contribution in [0.15, 0.2) is 18.2 Å². The highest BCUT2D eigenvalue weighted by atomic mass is 16.4. The van der Waals surface area contributed by atoms with Crippen molar-refractivity contribution in [3.63, 3.8) is 0 Å². The van der Waals surface area contributed by atoms with Gasteiger partial charge in [0, 0.05) is 11.5 Å². The summed E-state index contributed by atoms with van der Waals surface area (Å²) < 4.78 is 0. The number of aromatic carboxylic acids is 2. The van der Waals surface area contributed by atoms with E-state index in [1.807, 2.05) is 0 Å². The normalized spacial score (nSPS) is 37.1. The van der Waals surface area contributed by atoms with E-state index in [0.717, 1.165) is 5.92 Å². The van der Waals surface area contributed by atoms with Gasteiger partial charge in [-0.05, 0) is 73.0 Å². The molecule has 4 aliphatic carbocycles. The topological polar surface area (TPSA) is 74.6 Å². The van der Waals surface area contributed by atoms with Gasteiger partial charge in [0.15, 0.2) is 0 Å². The highest BCUT2D eigenvalue weighted by molar-refractivity contribution is 5.95. The molecule has 0 spiro atoms. The van der Waals surface area contributed by atoms with Crippen LogP contribution in [0.25, 0.3) is 0 Å². The molecule has 2 N–H and O–H groups in total. The van der Waals surface area contributed by atoms with E-state index in [-0.39, 0.29) is 16.5 Å². The minimum atomic E-state index is -1.14. The van der Waals surface area contributed by atoms with E-state index in [4.69, 9.17) is 5.11 Å². The van der Waals surface area contributed by atoms with Gasteiger partial charge >= 0.3 is 11.9 Å². The van der Waals surface area contributed by atoms with Gasteiger partial charge in [0.1, 0.15) is 0 Å². The average Bonchev–Trinajstić information content (AvgIpc) is 2.51. The summed E-state index contributed by atoms with van der Waals surface area (Å²) in [4.78, 5) is 22.6. The average molecular weight is 352 g/mol. The monoisotopic (exact) mass is 352 g/mol. The van der Waals surface area contributed by atoms with Gasteiger partial charge in [0.25, 0.3) is 0 Å². The SMILES string of the molecule is CC12CC3CC(C1)C(C#Cc1ccc(C(=O)O)cc1C(=O)O)C(C)(C3)C2. The number of carboxylic acid groups (broad SMARTS) is 2. The fraction of sp³-hybridized carbons (Fsp3) is 0.545. The number of hydrogen-bond donors (Lipinski definition) is 2. The largest absolute Gasteiger partial charge is 0.478 e. The standard InChI is InChI=1S/C22H24O4/c1-21-9-13-7-16(11-21)18(22(2,10-13)12-21)6-5-14-3-4-15(19(23)24)8-17(14)20(25)26/h3-4,8,13,16,18H,7,9-12H2,1-2H3,(H,23,24)(H,25,26). The smallest absolute Gasteiger partial charge is 0.336 e. The van der Waals surface area contributed by atoms with E-state index in [1.165, 1.54) is 50.3 Å². The predicted molar refractivity (Wildman–Crippen MR) is 97.0 cm³/mol. The minimum absolute atomic E-state index is 0.0255. The molecule has 4 fully saturated rings. The van der Waals surface area contributed by atoms with Crippen LogP contribution in [-0.2, 0) is 0 Å². The van der Waals surface area contributed by atoms with Crippen molar-refractivity contribution in [2.75, 3.05) is 0 Å². The maximum Gasteiger partial charge on any atom is 0.336 e. The summed E-state index contributed by atoms with van der Waals surface area (Å²) in [7, 11) is 0. The minimum Gasteiger partial charge on any atom is -0.478 e. The summed E-state index contributed by atoms with van der Waals surface area (Å²) in [6.07, 6.45) is 6.24. The number of rotatable bonds is 2. The summed E-state index contributed by atoms with van der Waals surface area (Å²) in [6.45, 7) is 4.77. The van der Waals surface area contributed by atoms with Crippen LogP contribution in [0.4, 0.5) is 0 Å². The Labute approximate surface area is 153 Å². The van der Waals surface area contributed by atoms with E-state index in [0.29, 0.717) is 22.8 Å². The van der Waals surface area contributed by atoms with Crippen LogP contribution in [0.1, 0.15) is 72.2 Å². The Morgan fingerprint density at radius 1 is 1.12 bits per heavy atom. The Morgan fingerprint density at radius 2 is 1.88 bits per heavy atom. The fourth-order valence-corrected chi connectivity index (χ4v) is 6.49. The predicted octanol–water partition coefficient (Wildman–Crippen LogP) is 4.29. The Balaban J connectivity index is 1.68. The molecule has 4 saturated carbocycles. The molecule has 4 heteroatoms. The van der Waals surface area contributed by atoms with Gasteiger partial charge in [-0.3, -0.25) is 0 Å². The second-order valence-corrected chi connectivity index (χ2v) is 9.23. The van der Waals surface area contributed by atoms with E-state index >= 15 is 0 Å². The first kappa shape index (κ1) is 17.1. The molecule has 5 unspecified atom stereocenters. The summed E-state index contributed by atoms with van der Waals surface area (Å²) in [5, 5.41) is 18.5. The molecule has 26 heavy (non-hydrogen) atoms. The molecule has 5 rings (SSSR count). The van der Waals surface area contributed by atoms with Crippen LogP contribution in [0, 0.1) is 40.4 Å². The molecule has 0 radical (unpaired) electrons. The molecule has 0 saturated heterocycles. The van der Waals surface area contributed by atoms with Crippen molar-refractivity contribution >= 4 is 11.9 Å². The van der Waals surface area contributed by atoms with Gasteiger partial charge < -0.3 is 10.2 Å². The third kappa shape index (κ3) is 2.70. The summed E-state index contributed by atoms with van der Waals surface area (Å²) >= 11 is 0. The van der Waals surface area contributed by atoms with Crippen molar-refractivity contribution in [1.82, 2.24) is 0 Å². The molecule has 0 amide bonds. The third-order valence-corrected chi connectivity index (χ3v) is 6.84. The molecule has 136 valence electrons. The van der Waals surface area contributed by atoms with E-state index in [9.17, 15) is 14.7 Å². The van der Waals surface area contributed by atoms with Crippen LogP contribution in [0.3, 0.4) is 0 Å². The first-order valence-electron chi connectivity index (χ1n) is 9.31. The van der Waals surface area contributed by atoms with Gasteiger partial charge in [0.2, 0.25) is 0 Å². The number of benzene rings is 1. The maximum absolute atomic E-state index is 11.5. The Morgan fingerprint density at radius 3 is 2.50 bits per heavy atom. The zero-order valence-electron chi connectivity index (χ0n) is 15.2. The lowest BCUT2D eigenvalue weighted by molar-refractivity contribution is -0.120. The van der Waals surface area contributed by atoms with Crippen LogP contribution < -0.4 is 0 Å². The van der Waals surface area contributed by atoms with Crippen molar-refractivity contribution in [3.05, 3.63) is 34.9 Å². The zero-order valence-corrected chi connectivity index (χ0v) is 15.2. The molecule has 1 aromatic rings. The second kappa shape index (κ2) is 5.61. The molecule has 0 aliphatic heterocycles. The lowest BCUT2D eigenvalue weighted by atomic mass is 9.41. The fourth-order valence-electron chi connectivity index (χ4n) is 6.49. The van der Waals surface area contributed by atoms with E-state index in [2.05, 4.69) is 25.7 Å². The third-order valence-electron chi connectivity index (χ3n) is 6.84. The van der Waals surface area contributed by atoms with Crippen molar-refractivity contribution in [3.8, 4) is 11.8 Å². The molecule has 1 aromatic carbocycles. The number of carbonyl (C=O) groups is 2. The number of carboxylic acids is 2. The summed E-state index contributed by atoms with van der Waals surface area (Å²) in [5.74, 6) is 5.98. The molecule has 4 bridgehead atoms. The van der Waals surface area contributed by atoms with Crippen LogP contribution >= 0.6 is 0 Å². The highest BCUT2D eigenvalue weighted by Gasteiger charge is 2.58.